The Kier molecular flexibility index (Phi) is 5.85. The molecule has 1 aromatic rings. The number of ether oxygens (including phenoxy) is 1. The molecule has 0 aliphatic carbocycles. The minimum atomic E-state index is -0.390. The largest absolute Gasteiger partial charge is 0.484 e. The normalized spacial score (nSPS) is 10.1. The summed E-state index contributed by atoms with van der Waals surface area (Å²) in [5.41, 5.74) is 5.71. The highest BCUT2D eigenvalue weighted by atomic mass is 16.5. The van der Waals surface area contributed by atoms with Crippen molar-refractivity contribution in [1.82, 2.24) is 10.9 Å². The van der Waals surface area contributed by atoms with Gasteiger partial charge in [0.25, 0.3) is 5.91 Å². The third-order valence-corrected chi connectivity index (χ3v) is 2.29. The zero-order valence-electron chi connectivity index (χ0n) is 11.5. The molecular weight excluding hydrogens is 244 g/mol. The first-order chi connectivity index (χ1) is 8.97. The Labute approximate surface area is 113 Å². The van der Waals surface area contributed by atoms with Gasteiger partial charge in [-0.25, -0.2) is 0 Å². The topological polar surface area (TPSA) is 67.4 Å². The van der Waals surface area contributed by atoms with Gasteiger partial charge in [-0.1, -0.05) is 26.0 Å². The van der Waals surface area contributed by atoms with Gasteiger partial charge in [-0.2, -0.15) is 0 Å². The molecule has 0 atom stereocenters. The highest BCUT2D eigenvalue weighted by Crippen LogP contribution is 2.11. The fourth-order valence-corrected chi connectivity index (χ4v) is 1.45. The number of amides is 2. The van der Waals surface area contributed by atoms with E-state index >= 15 is 0 Å². The Hall–Kier alpha value is -2.04. The predicted octanol–water partition coefficient (Wildman–Crippen LogP) is 1.57. The molecule has 0 saturated carbocycles. The summed E-state index contributed by atoms with van der Waals surface area (Å²) in [6, 6.07) is 7.41. The van der Waals surface area contributed by atoms with E-state index in [9.17, 15) is 9.59 Å². The molecule has 0 saturated heterocycles. The molecule has 2 amide bonds. The van der Waals surface area contributed by atoms with Crippen molar-refractivity contribution < 1.29 is 14.3 Å². The second kappa shape index (κ2) is 7.41. The third kappa shape index (κ3) is 6.45. The summed E-state index contributed by atoms with van der Waals surface area (Å²) in [5, 5.41) is 0. The van der Waals surface area contributed by atoms with Crippen molar-refractivity contribution >= 4 is 11.8 Å². The molecule has 0 bridgehead atoms. The second-order valence-corrected chi connectivity index (χ2v) is 4.80. The summed E-state index contributed by atoms with van der Waals surface area (Å²) in [4.78, 5) is 22.8. The molecule has 0 aliphatic rings. The molecule has 19 heavy (non-hydrogen) atoms. The van der Waals surface area contributed by atoms with E-state index in [2.05, 4.69) is 10.9 Å². The number of hydrazine groups is 1. The van der Waals surface area contributed by atoms with Gasteiger partial charge < -0.3 is 4.74 Å². The Balaban J connectivity index is 2.26. The van der Waals surface area contributed by atoms with Crippen molar-refractivity contribution in [3.8, 4) is 5.75 Å². The summed E-state index contributed by atoms with van der Waals surface area (Å²) in [7, 11) is 0. The predicted molar refractivity (Wildman–Crippen MR) is 72.4 cm³/mol. The first-order valence-electron chi connectivity index (χ1n) is 6.24. The summed E-state index contributed by atoms with van der Waals surface area (Å²) in [6.45, 7) is 5.68. The molecule has 1 rings (SSSR count). The molecule has 0 fully saturated rings. The molecule has 0 radical (unpaired) electrons. The zero-order chi connectivity index (χ0) is 14.3. The quantitative estimate of drug-likeness (QED) is 0.793. The third-order valence-electron chi connectivity index (χ3n) is 2.29. The van der Waals surface area contributed by atoms with Crippen LogP contribution < -0.4 is 15.6 Å². The van der Waals surface area contributed by atoms with Gasteiger partial charge in [0.05, 0.1) is 0 Å². The summed E-state index contributed by atoms with van der Waals surface area (Å²) < 4.78 is 5.30. The monoisotopic (exact) mass is 264 g/mol. The molecule has 0 aliphatic heterocycles. The molecule has 0 spiro atoms. The average Bonchev–Trinajstić information content (AvgIpc) is 2.33. The van der Waals surface area contributed by atoms with Crippen molar-refractivity contribution in [3.05, 3.63) is 29.8 Å². The number of carbonyl (C=O) groups excluding carboxylic acids is 2. The van der Waals surface area contributed by atoms with E-state index in [1.54, 1.807) is 6.07 Å². The highest BCUT2D eigenvalue weighted by molar-refractivity contribution is 5.82. The van der Waals surface area contributed by atoms with Gasteiger partial charge in [-0.3, -0.25) is 20.4 Å². The van der Waals surface area contributed by atoms with E-state index in [4.69, 9.17) is 4.74 Å². The maximum atomic E-state index is 11.4. The van der Waals surface area contributed by atoms with Crippen LogP contribution in [-0.4, -0.2) is 18.4 Å². The van der Waals surface area contributed by atoms with E-state index in [1.807, 2.05) is 39.0 Å². The Bertz CT molecular complexity index is 444. The number of hydrogen-bond donors (Lipinski definition) is 2. The molecule has 104 valence electrons. The van der Waals surface area contributed by atoms with E-state index in [-0.39, 0.29) is 18.4 Å². The number of nitrogens with one attached hydrogen (secondary N) is 2. The van der Waals surface area contributed by atoms with E-state index in [0.717, 1.165) is 5.56 Å². The molecule has 1 aromatic carbocycles. The molecule has 0 unspecified atom stereocenters. The molecule has 0 aromatic heterocycles. The second-order valence-electron chi connectivity index (χ2n) is 4.80. The highest BCUT2D eigenvalue weighted by Gasteiger charge is 2.07. The van der Waals surface area contributed by atoms with Gasteiger partial charge in [-0.05, 0) is 30.5 Å². The van der Waals surface area contributed by atoms with Crippen molar-refractivity contribution in [2.45, 2.75) is 27.2 Å². The van der Waals surface area contributed by atoms with Crippen LogP contribution in [0.3, 0.4) is 0 Å². The minimum absolute atomic E-state index is 0.134. The van der Waals surface area contributed by atoms with Gasteiger partial charge in [-0.15, -0.1) is 0 Å². The van der Waals surface area contributed by atoms with E-state index in [1.165, 1.54) is 0 Å². The fraction of sp³-hybridized carbons (Fsp3) is 0.429. The van der Waals surface area contributed by atoms with Crippen molar-refractivity contribution in [2.75, 3.05) is 6.61 Å². The Morgan fingerprint density at radius 2 is 1.89 bits per heavy atom. The average molecular weight is 264 g/mol. The van der Waals surface area contributed by atoms with Crippen LogP contribution in [0.25, 0.3) is 0 Å². The standard InChI is InChI=1S/C14H20N2O3/c1-10(2)7-13(17)15-16-14(18)9-19-12-6-4-5-11(3)8-12/h4-6,8,10H,7,9H2,1-3H3,(H,15,17)(H,16,18). The van der Waals surface area contributed by atoms with Crippen LogP contribution in [0.4, 0.5) is 0 Å². The first kappa shape index (κ1) is 15.0. The number of aryl methyl sites for hydroxylation is 1. The number of carbonyl (C=O) groups is 2. The summed E-state index contributed by atoms with van der Waals surface area (Å²) in [6.07, 6.45) is 0.374. The summed E-state index contributed by atoms with van der Waals surface area (Å²) >= 11 is 0. The molecular formula is C14H20N2O3. The van der Waals surface area contributed by atoms with Gasteiger partial charge >= 0.3 is 0 Å². The van der Waals surface area contributed by atoms with Gasteiger partial charge in [0.15, 0.2) is 6.61 Å². The smallest absolute Gasteiger partial charge is 0.276 e. The molecule has 0 heterocycles. The van der Waals surface area contributed by atoms with Crippen molar-refractivity contribution in [2.24, 2.45) is 5.92 Å². The van der Waals surface area contributed by atoms with E-state index < -0.39 is 5.91 Å². The van der Waals surface area contributed by atoms with Gasteiger partial charge in [0, 0.05) is 6.42 Å². The van der Waals surface area contributed by atoms with Crippen LogP contribution >= 0.6 is 0 Å². The fourth-order valence-electron chi connectivity index (χ4n) is 1.45. The minimum Gasteiger partial charge on any atom is -0.484 e. The van der Waals surface area contributed by atoms with Crippen LogP contribution in [0, 0.1) is 12.8 Å². The molecule has 5 nitrogen and oxygen atoms in total. The van der Waals surface area contributed by atoms with Crippen molar-refractivity contribution in [3.63, 3.8) is 0 Å². The maximum absolute atomic E-state index is 11.4. The SMILES string of the molecule is Cc1cccc(OCC(=O)NNC(=O)CC(C)C)c1. The van der Waals surface area contributed by atoms with Crippen LogP contribution in [0.1, 0.15) is 25.8 Å². The lowest BCUT2D eigenvalue weighted by atomic mass is 10.1. The van der Waals surface area contributed by atoms with Crippen LogP contribution in [0.2, 0.25) is 0 Å². The Morgan fingerprint density at radius 1 is 1.21 bits per heavy atom. The summed E-state index contributed by atoms with van der Waals surface area (Å²) in [5.74, 6) is 0.279. The molecule has 2 N–H and O–H groups in total. The van der Waals surface area contributed by atoms with E-state index in [0.29, 0.717) is 12.2 Å². The molecule has 5 heteroatoms. The van der Waals surface area contributed by atoms with Gasteiger partial charge in [0.2, 0.25) is 5.91 Å². The first-order valence-corrected chi connectivity index (χ1v) is 6.24. The van der Waals surface area contributed by atoms with Gasteiger partial charge in [0.1, 0.15) is 5.75 Å². The van der Waals surface area contributed by atoms with Crippen LogP contribution in [0.15, 0.2) is 24.3 Å². The maximum Gasteiger partial charge on any atom is 0.276 e. The van der Waals surface area contributed by atoms with Crippen molar-refractivity contribution in [1.29, 1.82) is 0 Å². The lowest BCUT2D eigenvalue weighted by Crippen LogP contribution is -2.44. The van der Waals surface area contributed by atoms with Crippen LogP contribution in [0.5, 0.6) is 5.75 Å². The van der Waals surface area contributed by atoms with Crippen LogP contribution in [-0.2, 0) is 9.59 Å². The Morgan fingerprint density at radius 3 is 2.53 bits per heavy atom. The number of benzene rings is 1. The number of rotatable bonds is 5. The number of hydrogen-bond acceptors (Lipinski definition) is 3. The lowest BCUT2D eigenvalue weighted by Gasteiger charge is -2.10. The lowest BCUT2D eigenvalue weighted by molar-refractivity contribution is -0.130. The zero-order valence-corrected chi connectivity index (χ0v) is 11.5.